The molecule has 0 aliphatic heterocycles. The summed E-state index contributed by atoms with van der Waals surface area (Å²) in [6.07, 6.45) is 0.627. The van der Waals surface area contributed by atoms with E-state index in [1.807, 2.05) is 44.2 Å². The van der Waals surface area contributed by atoms with Crippen molar-refractivity contribution in [2.75, 3.05) is 6.54 Å². The molecule has 2 aromatic carbocycles. The predicted molar refractivity (Wildman–Crippen MR) is 109 cm³/mol. The highest BCUT2D eigenvalue weighted by Crippen LogP contribution is 2.17. The molecular formula is C23H29FN2O2. The van der Waals surface area contributed by atoms with E-state index in [2.05, 4.69) is 5.32 Å². The van der Waals surface area contributed by atoms with Crippen LogP contribution >= 0.6 is 0 Å². The van der Waals surface area contributed by atoms with Crippen molar-refractivity contribution in [1.29, 1.82) is 0 Å². The van der Waals surface area contributed by atoms with Crippen molar-refractivity contribution in [1.82, 2.24) is 10.2 Å². The van der Waals surface area contributed by atoms with Crippen molar-refractivity contribution in [2.45, 2.75) is 46.2 Å². The number of hydrogen-bond donors (Lipinski definition) is 1. The van der Waals surface area contributed by atoms with E-state index in [0.29, 0.717) is 24.4 Å². The van der Waals surface area contributed by atoms with E-state index in [4.69, 9.17) is 0 Å². The minimum absolute atomic E-state index is 0.0615. The molecule has 2 rings (SSSR count). The molecule has 4 nitrogen and oxygen atoms in total. The van der Waals surface area contributed by atoms with E-state index in [9.17, 15) is 14.0 Å². The first kappa shape index (κ1) is 21.6. The third-order valence-electron chi connectivity index (χ3n) is 4.56. The molecule has 0 spiro atoms. The largest absolute Gasteiger partial charge is 0.354 e. The van der Waals surface area contributed by atoms with Crippen LogP contribution in [0, 0.1) is 11.7 Å². The third kappa shape index (κ3) is 6.19. The van der Waals surface area contributed by atoms with Gasteiger partial charge in [-0.3, -0.25) is 9.59 Å². The van der Waals surface area contributed by atoms with Gasteiger partial charge >= 0.3 is 0 Å². The lowest BCUT2D eigenvalue weighted by atomic mass is 10.0. The van der Waals surface area contributed by atoms with Crippen LogP contribution in [0.25, 0.3) is 0 Å². The summed E-state index contributed by atoms with van der Waals surface area (Å²) in [5.74, 6) is -0.472. The minimum Gasteiger partial charge on any atom is -0.354 e. The van der Waals surface area contributed by atoms with Crippen molar-refractivity contribution in [3.63, 3.8) is 0 Å². The van der Waals surface area contributed by atoms with Crippen LogP contribution < -0.4 is 5.32 Å². The van der Waals surface area contributed by atoms with Crippen LogP contribution in [-0.4, -0.2) is 29.3 Å². The van der Waals surface area contributed by atoms with E-state index in [1.165, 1.54) is 11.0 Å². The summed E-state index contributed by atoms with van der Waals surface area (Å²) in [5, 5.41) is 2.94. The Hall–Kier alpha value is -2.69. The Morgan fingerprint density at radius 3 is 2.29 bits per heavy atom. The van der Waals surface area contributed by atoms with Gasteiger partial charge in [0.1, 0.15) is 11.9 Å². The van der Waals surface area contributed by atoms with Gasteiger partial charge in [0.2, 0.25) is 11.8 Å². The molecular weight excluding hydrogens is 355 g/mol. The first-order valence-electron chi connectivity index (χ1n) is 9.76. The Morgan fingerprint density at radius 1 is 1.04 bits per heavy atom. The number of nitrogens with one attached hydrogen (secondary N) is 1. The van der Waals surface area contributed by atoms with Crippen LogP contribution in [0.1, 0.15) is 38.3 Å². The van der Waals surface area contributed by atoms with E-state index < -0.39 is 6.04 Å². The molecule has 0 fully saturated rings. The van der Waals surface area contributed by atoms with Crippen LogP contribution in [0.3, 0.4) is 0 Å². The molecule has 0 aliphatic carbocycles. The van der Waals surface area contributed by atoms with Crippen LogP contribution in [0.5, 0.6) is 0 Å². The lowest BCUT2D eigenvalue weighted by molar-refractivity contribution is -0.141. The van der Waals surface area contributed by atoms with Crippen LogP contribution in [0.15, 0.2) is 54.6 Å². The first-order valence-corrected chi connectivity index (χ1v) is 9.76. The summed E-state index contributed by atoms with van der Waals surface area (Å²) in [4.78, 5) is 27.2. The Balaban J connectivity index is 2.34. The number of hydrogen-bond acceptors (Lipinski definition) is 2. The molecule has 2 amide bonds. The van der Waals surface area contributed by atoms with Crippen molar-refractivity contribution in [3.05, 3.63) is 71.5 Å². The number of amides is 2. The molecule has 1 N–H and O–H groups in total. The van der Waals surface area contributed by atoms with Crippen LogP contribution in [0.2, 0.25) is 0 Å². The topological polar surface area (TPSA) is 49.4 Å². The van der Waals surface area contributed by atoms with Gasteiger partial charge < -0.3 is 10.2 Å². The molecule has 2 aromatic rings. The predicted octanol–water partition coefficient (Wildman–Crippen LogP) is 3.95. The molecule has 28 heavy (non-hydrogen) atoms. The fourth-order valence-electron chi connectivity index (χ4n) is 2.99. The summed E-state index contributed by atoms with van der Waals surface area (Å²) in [6.45, 7) is 6.37. The second kappa shape index (κ2) is 10.6. The van der Waals surface area contributed by atoms with Gasteiger partial charge in [0.25, 0.3) is 0 Å². The highest BCUT2D eigenvalue weighted by atomic mass is 19.1. The lowest BCUT2D eigenvalue weighted by Crippen LogP contribution is -2.51. The number of rotatable bonds is 9. The highest BCUT2D eigenvalue weighted by molar-refractivity contribution is 5.87. The van der Waals surface area contributed by atoms with Crippen molar-refractivity contribution in [2.24, 2.45) is 5.92 Å². The number of carbonyl (C=O) groups excluding carboxylic acids is 2. The zero-order valence-electron chi connectivity index (χ0n) is 16.8. The quantitative estimate of drug-likeness (QED) is 0.712. The fourth-order valence-corrected chi connectivity index (χ4v) is 2.99. The normalized spacial score (nSPS) is 11.9. The average molecular weight is 384 g/mol. The molecule has 0 unspecified atom stereocenters. The molecule has 0 bridgehead atoms. The van der Waals surface area contributed by atoms with Gasteiger partial charge in [-0.25, -0.2) is 4.39 Å². The molecule has 0 saturated heterocycles. The number of nitrogens with zero attached hydrogens (tertiary/aromatic N) is 1. The molecule has 0 radical (unpaired) electrons. The Morgan fingerprint density at radius 2 is 1.68 bits per heavy atom. The summed E-state index contributed by atoms with van der Waals surface area (Å²) < 4.78 is 14.2. The van der Waals surface area contributed by atoms with E-state index in [0.717, 1.165) is 5.56 Å². The van der Waals surface area contributed by atoms with Crippen molar-refractivity contribution >= 4 is 11.8 Å². The summed E-state index contributed by atoms with van der Waals surface area (Å²) in [6, 6.07) is 15.2. The molecule has 150 valence electrons. The molecule has 0 saturated carbocycles. The van der Waals surface area contributed by atoms with Gasteiger partial charge in [-0.15, -0.1) is 0 Å². The molecule has 0 heterocycles. The summed E-state index contributed by atoms with van der Waals surface area (Å²) in [7, 11) is 0. The van der Waals surface area contributed by atoms with Crippen LogP contribution in [-0.2, 0) is 22.6 Å². The monoisotopic (exact) mass is 384 g/mol. The average Bonchev–Trinajstić information content (AvgIpc) is 2.70. The summed E-state index contributed by atoms with van der Waals surface area (Å²) >= 11 is 0. The Kier molecular flexibility index (Phi) is 8.18. The lowest BCUT2D eigenvalue weighted by Gasteiger charge is -2.31. The van der Waals surface area contributed by atoms with E-state index in [1.54, 1.807) is 25.1 Å². The van der Waals surface area contributed by atoms with Gasteiger partial charge in [0, 0.05) is 31.5 Å². The number of benzene rings is 2. The Bertz CT molecular complexity index is 777. The number of halogens is 1. The zero-order valence-corrected chi connectivity index (χ0v) is 16.8. The SMILES string of the molecule is CCC(=O)N(Cc1ccccc1F)[C@H](Cc1ccccc1)C(=O)NCC(C)C. The minimum atomic E-state index is -0.701. The van der Waals surface area contributed by atoms with Gasteiger partial charge in [0.15, 0.2) is 0 Å². The molecule has 0 aromatic heterocycles. The maximum atomic E-state index is 14.2. The zero-order chi connectivity index (χ0) is 20.5. The second-order valence-corrected chi connectivity index (χ2v) is 7.31. The Labute approximate surface area is 166 Å². The third-order valence-corrected chi connectivity index (χ3v) is 4.56. The van der Waals surface area contributed by atoms with Gasteiger partial charge in [-0.1, -0.05) is 69.3 Å². The fraction of sp³-hybridized carbons (Fsp3) is 0.391. The van der Waals surface area contributed by atoms with Gasteiger partial charge in [0.05, 0.1) is 0 Å². The maximum Gasteiger partial charge on any atom is 0.243 e. The molecule has 5 heteroatoms. The van der Waals surface area contributed by atoms with E-state index >= 15 is 0 Å². The first-order chi connectivity index (χ1) is 13.4. The smallest absolute Gasteiger partial charge is 0.243 e. The summed E-state index contributed by atoms with van der Waals surface area (Å²) in [5.41, 5.74) is 1.36. The van der Waals surface area contributed by atoms with Crippen molar-refractivity contribution in [3.8, 4) is 0 Å². The second-order valence-electron chi connectivity index (χ2n) is 7.31. The standard InChI is InChI=1S/C23H29FN2O2/c1-4-22(27)26(16-19-12-8-9-13-20(19)24)21(23(28)25-15-17(2)3)14-18-10-6-5-7-11-18/h5-13,17,21H,4,14-16H2,1-3H3,(H,25,28)/t21-/m1/s1. The number of carbonyl (C=O) groups is 2. The maximum absolute atomic E-state index is 14.2. The van der Waals surface area contributed by atoms with Gasteiger partial charge in [-0.2, -0.15) is 0 Å². The van der Waals surface area contributed by atoms with Crippen LogP contribution in [0.4, 0.5) is 4.39 Å². The van der Waals surface area contributed by atoms with E-state index in [-0.39, 0.29) is 30.6 Å². The molecule has 1 atom stereocenters. The van der Waals surface area contributed by atoms with Gasteiger partial charge in [-0.05, 0) is 17.5 Å². The van der Waals surface area contributed by atoms with Crippen molar-refractivity contribution < 1.29 is 14.0 Å². The highest BCUT2D eigenvalue weighted by Gasteiger charge is 2.30. The molecule has 0 aliphatic rings.